The quantitative estimate of drug-likeness (QED) is 0.507. The molecule has 3 heteroatoms. The van der Waals surface area contributed by atoms with Crippen LogP contribution in [0.15, 0.2) is 78.9 Å². The standard InChI is InChI=1S/C22H16N2O/c1-15-11-13-16(14-12-15)21(25)20-18-9-5-6-10-19(18)23-22(24-20)17-7-3-2-4-8-17/h2-14H,1H3. The van der Waals surface area contributed by atoms with Crippen molar-refractivity contribution >= 4 is 16.7 Å². The highest BCUT2D eigenvalue weighted by Gasteiger charge is 2.17. The molecule has 0 N–H and O–H groups in total. The number of aryl methyl sites for hydroxylation is 1. The van der Waals surface area contributed by atoms with E-state index in [-0.39, 0.29) is 5.78 Å². The molecule has 0 aliphatic carbocycles. The van der Waals surface area contributed by atoms with Crippen LogP contribution in [0.4, 0.5) is 0 Å². The van der Waals surface area contributed by atoms with E-state index in [1.165, 1.54) is 0 Å². The van der Waals surface area contributed by atoms with Gasteiger partial charge in [0.15, 0.2) is 5.82 Å². The molecule has 0 aliphatic heterocycles. The number of carbonyl (C=O) groups is 1. The van der Waals surface area contributed by atoms with Gasteiger partial charge in [-0.3, -0.25) is 4.79 Å². The van der Waals surface area contributed by atoms with Crippen LogP contribution in [-0.2, 0) is 0 Å². The van der Waals surface area contributed by atoms with Crippen molar-refractivity contribution in [1.29, 1.82) is 0 Å². The molecule has 0 saturated carbocycles. The summed E-state index contributed by atoms with van der Waals surface area (Å²) in [5, 5.41) is 0.771. The molecule has 0 spiro atoms. The molecule has 0 saturated heterocycles. The average Bonchev–Trinajstić information content (AvgIpc) is 2.68. The Morgan fingerprint density at radius 1 is 0.760 bits per heavy atom. The summed E-state index contributed by atoms with van der Waals surface area (Å²) >= 11 is 0. The summed E-state index contributed by atoms with van der Waals surface area (Å²) < 4.78 is 0. The largest absolute Gasteiger partial charge is 0.287 e. The van der Waals surface area contributed by atoms with Crippen LogP contribution in [0.2, 0.25) is 0 Å². The Balaban J connectivity index is 1.92. The molecule has 0 amide bonds. The van der Waals surface area contributed by atoms with Crippen molar-refractivity contribution in [2.24, 2.45) is 0 Å². The van der Waals surface area contributed by atoms with Crippen LogP contribution >= 0.6 is 0 Å². The lowest BCUT2D eigenvalue weighted by molar-refractivity contribution is 0.103. The number of fused-ring (bicyclic) bond motifs is 1. The molecule has 4 aromatic rings. The fourth-order valence-electron chi connectivity index (χ4n) is 2.81. The molecule has 0 aliphatic rings. The zero-order chi connectivity index (χ0) is 17.2. The van der Waals surface area contributed by atoms with Gasteiger partial charge in [0.05, 0.1) is 5.52 Å². The van der Waals surface area contributed by atoms with E-state index < -0.39 is 0 Å². The number of hydrogen-bond acceptors (Lipinski definition) is 3. The zero-order valence-electron chi connectivity index (χ0n) is 13.8. The van der Waals surface area contributed by atoms with Gasteiger partial charge in [0.1, 0.15) is 5.69 Å². The number of nitrogens with zero attached hydrogens (tertiary/aromatic N) is 2. The van der Waals surface area contributed by atoms with Crippen LogP contribution in [0.1, 0.15) is 21.6 Å². The minimum atomic E-state index is -0.0872. The first-order valence-corrected chi connectivity index (χ1v) is 8.16. The fourth-order valence-corrected chi connectivity index (χ4v) is 2.81. The molecule has 1 aromatic heterocycles. The van der Waals surface area contributed by atoms with E-state index in [0.29, 0.717) is 17.1 Å². The summed E-state index contributed by atoms with van der Waals surface area (Å²) in [6, 6.07) is 24.9. The summed E-state index contributed by atoms with van der Waals surface area (Å²) in [7, 11) is 0. The lowest BCUT2D eigenvalue weighted by Crippen LogP contribution is -2.07. The monoisotopic (exact) mass is 324 g/mol. The van der Waals surface area contributed by atoms with E-state index in [9.17, 15) is 4.79 Å². The third kappa shape index (κ3) is 2.92. The predicted molar refractivity (Wildman–Crippen MR) is 99.6 cm³/mol. The van der Waals surface area contributed by atoms with Crippen molar-refractivity contribution in [3.63, 3.8) is 0 Å². The zero-order valence-corrected chi connectivity index (χ0v) is 13.8. The Morgan fingerprint density at radius 2 is 1.44 bits per heavy atom. The Bertz CT molecular complexity index is 1050. The van der Waals surface area contributed by atoms with Crippen molar-refractivity contribution in [1.82, 2.24) is 9.97 Å². The predicted octanol–water partition coefficient (Wildman–Crippen LogP) is 4.84. The minimum absolute atomic E-state index is 0.0872. The minimum Gasteiger partial charge on any atom is -0.287 e. The van der Waals surface area contributed by atoms with Crippen molar-refractivity contribution < 1.29 is 4.79 Å². The van der Waals surface area contributed by atoms with Gasteiger partial charge in [-0.05, 0) is 13.0 Å². The Morgan fingerprint density at radius 3 is 2.20 bits per heavy atom. The van der Waals surface area contributed by atoms with Gasteiger partial charge < -0.3 is 0 Å². The van der Waals surface area contributed by atoms with Crippen LogP contribution in [0.3, 0.4) is 0 Å². The fraction of sp³-hybridized carbons (Fsp3) is 0.0455. The number of hydrogen-bond donors (Lipinski definition) is 0. The van der Waals surface area contributed by atoms with E-state index >= 15 is 0 Å². The smallest absolute Gasteiger partial charge is 0.212 e. The van der Waals surface area contributed by atoms with Gasteiger partial charge in [0.2, 0.25) is 5.78 Å². The van der Waals surface area contributed by atoms with Gasteiger partial charge in [-0.1, -0.05) is 78.4 Å². The normalized spacial score (nSPS) is 10.8. The summed E-state index contributed by atoms with van der Waals surface area (Å²) in [5.74, 6) is 0.477. The van der Waals surface area contributed by atoms with Gasteiger partial charge in [-0.15, -0.1) is 0 Å². The molecule has 0 unspecified atom stereocenters. The highest BCUT2D eigenvalue weighted by atomic mass is 16.1. The molecule has 0 radical (unpaired) electrons. The van der Waals surface area contributed by atoms with E-state index in [2.05, 4.69) is 9.97 Å². The van der Waals surface area contributed by atoms with Gasteiger partial charge in [0, 0.05) is 16.5 Å². The number of ketones is 1. The number of para-hydroxylation sites is 1. The SMILES string of the molecule is Cc1ccc(C(=O)c2nc(-c3ccccc3)nc3ccccc23)cc1. The third-order valence-electron chi connectivity index (χ3n) is 4.16. The first kappa shape index (κ1) is 15.2. The van der Waals surface area contributed by atoms with E-state index in [1.807, 2.05) is 85.8 Å². The highest BCUT2D eigenvalue weighted by Crippen LogP contribution is 2.23. The maximum absolute atomic E-state index is 13.1. The number of carbonyl (C=O) groups excluding carboxylic acids is 1. The molecule has 0 fully saturated rings. The molecule has 0 atom stereocenters. The van der Waals surface area contributed by atoms with E-state index in [0.717, 1.165) is 22.0 Å². The van der Waals surface area contributed by atoms with Crippen molar-refractivity contribution in [2.45, 2.75) is 6.92 Å². The molecule has 120 valence electrons. The van der Waals surface area contributed by atoms with Crippen molar-refractivity contribution in [3.8, 4) is 11.4 Å². The van der Waals surface area contributed by atoms with Crippen LogP contribution in [0.25, 0.3) is 22.3 Å². The summed E-state index contributed by atoms with van der Waals surface area (Å²) in [4.78, 5) is 22.3. The van der Waals surface area contributed by atoms with Gasteiger partial charge in [-0.25, -0.2) is 9.97 Å². The number of aromatic nitrogens is 2. The summed E-state index contributed by atoms with van der Waals surface area (Å²) in [6.07, 6.45) is 0. The van der Waals surface area contributed by atoms with Crippen molar-refractivity contribution in [2.75, 3.05) is 0 Å². The molecular weight excluding hydrogens is 308 g/mol. The first-order chi connectivity index (χ1) is 12.2. The third-order valence-corrected chi connectivity index (χ3v) is 4.16. The van der Waals surface area contributed by atoms with E-state index in [1.54, 1.807) is 0 Å². The molecule has 1 heterocycles. The highest BCUT2D eigenvalue weighted by molar-refractivity contribution is 6.14. The summed E-state index contributed by atoms with van der Waals surface area (Å²) in [5.41, 5.74) is 3.86. The molecule has 0 bridgehead atoms. The Kier molecular flexibility index (Phi) is 3.82. The van der Waals surface area contributed by atoms with Crippen LogP contribution < -0.4 is 0 Å². The van der Waals surface area contributed by atoms with Gasteiger partial charge in [-0.2, -0.15) is 0 Å². The maximum Gasteiger partial charge on any atom is 0.212 e. The second-order valence-corrected chi connectivity index (χ2v) is 5.97. The van der Waals surface area contributed by atoms with Crippen LogP contribution in [0, 0.1) is 6.92 Å². The van der Waals surface area contributed by atoms with Gasteiger partial charge in [0.25, 0.3) is 0 Å². The Hall–Kier alpha value is -3.33. The Labute approximate surface area is 146 Å². The molecule has 4 rings (SSSR count). The lowest BCUT2D eigenvalue weighted by atomic mass is 10.0. The number of benzene rings is 3. The molecule has 3 aromatic carbocycles. The first-order valence-electron chi connectivity index (χ1n) is 8.16. The molecular formula is C22H16N2O. The van der Waals surface area contributed by atoms with Crippen LogP contribution in [-0.4, -0.2) is 15.8 Å². The topological polar surface area (TPSA) is 42.9 Å². The maximum atomic E-state index is 13.1. The lowest BCUT2D eigenvalue weighted by Gasteiger charge is -2.08. The molecule has 3 nitrogen and oxygen atoms in total. The van der Waals surface area contributed by atoms with E-state index in [4.69, 9.17) is 0 Å². The second kappa shape index (κ2) is 6.29. The molecule has 25 heavy (non-hydrogen) atoms. The average molecular weight is 324 g/mol. The van der Waals surface area contributed by atoms with Crippen molar-refractivity contribution in [3.05, 3.63) is 95.7 Å². The summed E-state index contributed by atoms with van der Waals surface area (Å²) in [6.45, 7) is 2.00. The van der Waals surface area contributed by atoms with Gasteiger partial charge >= 0.3 is 0 Å². The second-order valence-electron chi connectivity index (χ2n) is 5.97. The number of rotatable bonds is 3. The van der Waals surface area contributed by atoms with Crippen LogP contribution in [0.5, 0.6) is 0 Å².